The van der Waals surface area contributed by atoms with E-state index in [0.29, 0.717) is 12.0 Å². The highest BCUT2D eigenvalue weighted by molar-refractivity contribution is 5.97. The SMILES string of the molecule is CCC(CNC(=O)c1cccc(C)c1O)CC(=O)O. The molecular weight excluding hydrogens is 246 g/mol. The molecule has 0 radical (unpaired) electrons. The average Bonchev–Trinajstić information content (AvgIpc) is 2.37. The molecule has 0 saturated heterocycles. The van der Waals surface area contributed by atoms with Gasteiger partial charge in [-0.2, -0.15) is 0 Å². The van der Waals surface area contributed by atoms with E-state index in [0.717, 1.165) is 0 Å². The molecule has 19 heavy (non-hydrogen) atoms. The molecule has 0 saturated carbocycles. The zero-order chi connectivity index (χ0) is 14.4. The Balaban J connectivity index is 2.64. The summed E-state index contributed by atoms with van der Waals surface area (Å²) in [5, 5.41) is 21.2. The van der Waals surface area contributed by atoms with Crippen LogP contribution in [0.1, 0.15) is 35.7 Å². The molecule has 1 atom stereocenters. The minimum Gasteiger partial charge on any atom is -0.507 e. The van der Waals surface area contributed by atoms with Crippen molar-refractivity contribution in [1.29, 1.82) is 0 Å². The number of nitrogens with one attached hydrogen (secondary N) is 1. The highest BCUT2D eigenvalue weighted by Gasteiger charge is 2.15. The minimum absolute atomic E-state index is 0.0244. The van der Waals surface area contributed by atoms with Gasteiger partial charge in [-0.05, 0) is 24.5 Å². The van der Waals surface area contributed by atoms with Gasteiger partial charge in [0, 0.05) is 13.0 Å². The summed E-state index contributed by atoms with van der Waals surface area (Å²) in [5.41, 5.74) is 0.843. The number of phenolic OH excluding ortho intramolecular Hbond substituents is 1. The van der Waals surface area contributed by atoms with E-state index < -0.39 is 5.97 Å². The lowest BCUT2D eigenvalue weighted by Crippen LogP contribution is -2.30. The topological polar surface area (TPSA) is 86.6 Å². The number of aliphatic carboxylic acids is 1. The molecule has 0 aromatic heterocycles. The molecule has 1 aromatic carbocycles. The number of carbonyl (C=O) groups is 2. The smallest absolute Gasteiger partial charge is 0.303 e. The predicted octanol–water partition coefficient (Wildman–Crippen LogP) is 1.93. The molecule has 104 valence electrons. The second-order valence-corrected chi connectivity index (χ2v) is 4.55. The number of phenols is 1. The fourth-order valence-electron chi connectivity index (χ4n) is 1.78. The number of carbonyl (C=O) groups excluding carboxylic acids is 1. The number of hydrogen-bond donors (Lipinski definition) is 3. The van der Waals surface area contributed by atoms with Crippen molar-refractivity contribution in [3.8, 4) is 5.75 Å². The third kappa shape index (κ3) is 4.28. The largest absolute Gasteiger partial charge is 0.507 e. The summed E-state index contributed by atoms with van der Waals surface area (Å²) >= 11 is 0. The Morgan fingerprint density at radius 3 is 2.63 bits per heavy atom. The van der Waals surface area contributed by atoms with Crippen molar-refractivity contribution >= 4 is 11.9 Å². The van der Waals surface area contributed by atoms with Crippen LogP contribution < -0.4 is 5.32 Å². The van der Waals surface area contributed by atoms with Gasteiger partial charge in [0.25, 0.3) is 5.91 Å². The molecule has 0 aliphatic rings. The first-order chi connectivity index (χ1) is 8.95. The Bertz CT molecular complexity index is 471. The van der Waals surface area contributed by atoms with Crippen molar-refractivity contribution in [2.75, 3.05) is 6.54 Å². The second kappa shape index (κ2) is 6.78. The van der Waals surface area contributed by atoms with Crippen molar-refractivity contribution < 1.29 is 19.8 Å². The number of carboxylic acid groups (broad SMARTS) is 1. The van der Waals surface area contributed by atoms with Crippen LogP contribution in [0, 0.1) is 12.8 Å². The van der Waals surface area contributed by atoms with Crippen molar-refractivity contribution in [3.05, 3.63) is 29.3 Å². The summed E-state index contributed by atoms with van der Waals surface area (Å²) in [6.45, 7) is 3.88. The molecule has 1 aromatic rings. The van der Waals surface area contributed by atoms with E-state index in [1.807, 2.05) is 6.92 Å². The van der Waals surface area contributed by atoms with Crippen molar-refractivity contribution in [2.45, 2.75) is 26.7 Å². The predicted molar refractivity (Wildman–Crippen MR) is 71.2 cm³/mol. The van der Waals surface area contributed by atoms with Crippen LogP contribution in [0.2, 0.25) is 0 Å². The number of aromatic hydroxyl groups is 1. The van der Waals surface area contributed by atoms with Gasteiger partial charge < -0.3 is 15.5 Å². The van der Waals surface area contributed by atoms with Crippen LogP contribution in [0.5, 0.6) is 5.75 Å². The lowest BCUT2D eigenvalue weighted by atomic mass is 10.0. The lowest BCUT2D eigenvalue weighted by Gasteiger charge is -2.14. The first kappa shape index (κ1) is 15.0. The van der Waals surface area contributed by atoms with E-state index >= 15 is 0 Å². The van der Waals surface area contributed by atoms with Crippen LogP contribution in [-0.2, 0) is 4.79 Å². The maximum Gasteiger partial charge on any atom is 0.303 e. The van der Waals surface area contributed by atoms with Gasteiger partial charge in [0.15, 0.2) is 0 Å². The standard InChI is InChI=1S/C14H19NO4/c1-3-10(7-12(16)17)8-15-14(19)11-6-4-5-9(2)13(11)18/h4-6,10,18H,3,7-8H2,1-2H3,(H,15,19)(H,16,17). The zero-order valence-electron chi connectivity index (χ0n) is 11.1. The first-order valence-corrected chi connectivity index (χ1v) is 6.24. The van der Waals surface area contributed by atoms with E-state index in [1.165, 1.54) is 6.07 Å². The van der Waals surface area contributed by atoms with Gasteiger partial charge in [0.05, 0.1) is 5.56 Å². The highest BCUT2D eigenvalue weighted by atomic mass is 16.4. The van der Waals surface area contributed by atoms with E-state index in [2.05, 4.69) is 5.32 Å². The normalized spacial score (nSPS) is 11.9. The molecule has 0 bridgehead atoms. The van der Waals surface area contributed by atoms with Gasteiger partial charge in [0.1, 0.15) is 5.75 Å². The van der Waals surface area contributed by atoms with E-state index in [-0.39, 0.29) is 36.1 Å². The molecule has 1 unspecified atom stereocenters. The van der Waals surface area contributed by atoms with Gasteiger partial charge >= 0.3 is 5.97 Å². The van der Waals surface area contributed by atoms with Crippen molar-refractivity contribution in [2.24, 2.45) is 5.92 Å². The lowest BCUT2D eigenvalue weighted by molar-refractivity contribution is -0.138. The Labute approximate surface area is 112 Å². The second-order valence-electron chi connectivity index (χ2n) is 4.55. The molecule has 0 fully saturated rings. The number of para-hydroxylation sites is 1. The first-order valence-electron chi connectivity index (χ1n) is 6.24. The maximum atomic E-state index is 11.9. The van der Waals surface area contributed by atoms with E-state index in [1.54, 1.807) is 19.1 Å². The molecule has 1 amide bonds. The van der Waals surface area contributed by atoms with Crippen LogP contribution in [0.3, 0.4) is 0 Å². The monoisotopic (exact) mass is 265 g/mol. The van der Waals surface area contributed by atoms with Crippen LogP contribution in [0.25, 0.3) is 0 Å². The van der Waals surface area contributed by atoms with Crippen molar-refractivity contribution in [3.63, 3.8) is 0 Å². The molecule has 0 aliphatic carbocycles. The summed E-state index contributed by atoms with van der Waals surface area (Å²) in [5.74, 6) is -1.40. The number of hydrogen-bond acceptors (Lipinski definition) is 3. The third-order valence-corrected chi connectivity index (χ3v) is 3.07. The van der Waals surface area contributed by atoms with Gasteiger partial charge in [-0.25, -0.2) is 0 Å². The number of carboxylic acids is 1. The molecule has 5 nitrogen and oxygen atoms in total. The zero-order valence-corrected chi connectivity index (χ0v) is 11.1. The number of aryl methyl sites for hydroxylation is 1. The summed E-state index contributed by atoms with van der Waals surface area (Å²) in [6, 6.07) is 4.94. The fourth-order valence-corrected chi connectivity index (χ4v) is 1.78. The van der Waals surface area contributed by atoms with Gasteiger partial charge in [-0.1, -0.05) is 25.5 Å². The highest BCUT2D eigenvalue weighted by Crippen LogP contribution is 2.21. The third-order valence-electron chi connectivity index (χ3n) is 3.07. The average molecular weight is 265 g/mol. The van der Waals surface area contributed by atoms with Gasteiger partial charge in [0.2, 0.25) is 0 Å². The van der Waals surface area contributed by atoms with Crippen LogP contribution >= 0.6 is 0 Å². The van der Waals surface area contributed by atoms with E-state index in [9.17, 15) is 14.7 Å². The Morgan fingerprint density at radius 2 is 2.05 bits per heavy atom. The Morgan fingerprint density at radius 1 is 1.37 bits per heavy atom. The maximum absolute atomic E-state index is 11.9. The van der Waals surface area contributed by atoms with Crippen LogP contribution in [0.15, 0.2) is 18.2 Å². The van der Waals surface area contributed by atoms with Gasteiger partial charge in [-0.3, -0.25) is 9.59 Å². The van der Waals surface area contributed by atoms with Gasteiger partial charge in [-0.15, -0.1) is 0 Å². The summed E-state index contributed by atoms with van der Waals surface area (Å²) in [4.78, 5) is 22.5. The van der Waals surface area contributed by atoms with E-state index in [4.69, 9.17) is 5.11 Å². The molecule has 5 heteroatoms. The number of benzene rings is 1. The Hall–Kier alpha value is -2.04. The fraction of sp³-hybridized carbons (Fsp3) is 0.429. The molecule has 1 rings (SSSR count). The molecule has 0 heterocycles. The molecule has 0 aliphatic heterocycles. The molecular formula is C14H19NO4. The number of amides is 1. The summed E-state index contributed by atoms with van der Waals surface area (Å²) in [6.07, 6.45) is 0.697. The molecule has 0 spiro atoms. The minimum atomic E-state index is -0.875. The summed E-state index contributed by atoms with van der Waals surface area (Å²) < 4.78 is 0. The van der Waals surface area contributed by atoms with Crippen LogP contribution in [-0.4, -0.2) is 28.6 Å². The number of rotatable bonds is 6. The molecule has 3 N–H and O–H groups in total. The summed E-state index contributed by atoms with van der Waals surface area (Å²) in [7, 11) is 0. The van der Waals surface area contributed by atoms with Crippen molar-refractivity contribution in [1.82, 2.24) is 5.32 Å². The Kier molecular flexibility index (Phi) is 5.36. The quantitative estimate of drug-likeness (QED) is 0.733. The van der Waals surface area contributed by atoms with Crippen LogP contribution in [0.4, 0.5) is 0 Å².